The number of rotatable bonds is 4. The molecule has 4 rings (SSSR count). The van der Waals surface area contributed by atoms with Crippen LogP contribution in [0.5, 0.6) is 0 Å². The number of hydrogen-bond acceptors (Lipinski definition) is 4. The number of halogens is 3. The van der Waals surface area contributed by atoms with E-state index in [9.17, 15) is 27.9 Å². The van der Waals surface area contributed by atoms with Crippen LogP contribution in [0.15, 0.2) is 48.7 Å². The molecule has 2 aliphatic heterocycles. The number of carbonyl (C=O) groups excluding carboxylic acids is 1. The second-order valence-corrected chi connectivity index (χ2v) is 8.74. The number of aliphatic carboxylic acids is 1. The van der Waals surface area contributed by atoms with Gasteiger partial charge in [-0.3, -0.25) is 9.59 Å². The summed E-state index contributed by atoms with van der Waals surface area (Å²) in [5.41, 5.74) is -0.994. The number of hydrogen-bond donors (Lipinski definition) is 1. The summed E-state index contributed by atoms with van der Waals surface area (Å²) >= 11 is 0. The van der Waals surface area contributed by atoms with Crippen LogP contribution in [0, 0.1) is 5.92 Å². The molecule has 2 aliphatic rings. The van der Waals surface area contributed by atoms with E-state index in [1.54, 1.807) is 4.90 Å². The van der Waals surface area contributed by atoms with Gasteiger partial charge in [-0.1, -0.05) is 30.3 Å². The number of pyridine rings is 1. The fraction of sp³-hybridized carbons (Fsp3) is 0.458. The molecule has 1 aromatic heterocycles. The van der Waals surface area contributed by atoms with Crippen molar-refractivity contribution in [3.63, 3.8) is 0 Å². The summed E-state index contributed by atoms with van der Waals surface area (Å²) < 4.78 is 38.2. The number of piperidine rings is 2. The number of alkyl halides is 3. The maximum atomic E-state index is 13.1. The lowest BCUT2D eigenvalue weighted by Gasteiger charge is -2.41. The van der Waals surface area contributed by atoms with E-state index in [0.717, 1.165) is 17.8 Å². The molecule has 176 valence electrons. The first kappa shape index (κ1) is 23.1. The van der Waals surface area contributed by atoms with E-state index in [2.05, 4.69) is 4.98 Å². The predicted octanol–water partition coefficient (Wildman–Crippen LogP) is 3.96. The van der Waals surface area contributed by atoms with Gasteiger partial charge in [0.25, 0.3) is 0 Å². The summed E-state index contributed by atoms with van der Waals surface area (Å²) in [7, 11) is 0. The minimum Gasteiger partial charge on any atom is -0.481 e. The molecule has 33 heavy (non-hydrogen) atoms. The Labute approximate surface area is 190 Å². The Morgan fingerprint density at radius 1 is 0.970 bits per heavy atom. The number of likely N-dealkylation sites (tertiary alicyclic amines) is 1. The van der Waals surface area contributed by atoms with Gasteiger partial charge in [-0.05, 0) is 43.4 Å². The SMILES string of the molecule is O=C(C1CCN(c2ccc(C(F)(F)F)cn2)CC1)N1CCC(C(=O)O)(c2ccccc2)CC1. The molecule has 9 heteroatoms. The molecule has 1 N–H and O–H groups in total. The van der Waals surface area contributed by atoms with Crippen molar-refractivity contribution in [2.45, 2.75) is 37.3 Å². The van der Waals surface area contributed by atoms with Gasteiger partial charge in [0, 0.05) is 38.3 Å². The van der Waals surface area contributed by atoms with E-state index in [-0.39, 0.29) is 11.8 Å². The third-order valence-corrected chi connectivity index (χ3v) is 6.91. The lowest BCUT2D eigenvalue weighted by Crippen LogP contribution is -2.51. The molecule has 0 atom stereocenters. The third kappa shape index (κ3) is 4.67. The van der Waals surface area contributed by atoms with E-state index >= 15 is 0 Å². The van der Waals surface area contributed by atoms with Gasteiger partial charge in [0.15, 0.2) is 0 Å². The van der Waals surface area contributed by atoms with Crippen molar-refractivity contribution in [1.82, 2.24) is 9.88 Å². The molecule has 2 aromatic rings. The van der Waals surface area contributed by atoms with Crippen LogP contribution in [0.25, 0.3) is 0 Å². The zero-order valence-electron chi connectivity index (χ0n) is 18.1. The van der Waals surface area contributed by atoms with Crippen LogP contribution in [-0.4, -0.2) is 53.0 Å². The maximum Gasteiger partial charge on any atom is 0.417 e. The van der Waals surface area contributed by atoms with Crippen molar-refractivity contribution in [2.75, 3.05) is 31.1 Å². The molecule has 0 unspecified atom stereocenters. The Bertz CT molecular complexity index is 980. The van der Waals surface area contributed by atoms with Crippen LogP contribution < -0.4 is 4.90 Å². The Kier molecular flexibility index (Phi) is 6.32. The highest BCUT2D eigenvalue weighted by Crippen LogP contribution is 2.37. The first-order chi connectivity index (χ1) is 15.7. The number of anilines is 1. The van der Waals surface area contributed by atoms with E-state index in [1.165, 1.54) is 6.07 Å². The van der Waals surface area contributed by atoms with Gasteiger partial charge in [0.05, 0.1) is 11.0 Å². The summed E-state index contributed by atoms with van der Waals surface area (Å²) in [6, 6.07) is 11.6. The normalized spacial score (nSPS) is 19.4. The number of nitrogens with zero attached hydrogens (tertiary/aromatic N) is 3. The van der Waals surface area contributed by atoms with E-state index < -0.39 is 23.1 Å². The summed E-state index contributed by atoms with van der Waals surface area (Å²) in [6.45, 7) is 1.85. The number of carbonyl (C=O) groups is 2. The van der Waals surface area contributed by atoms with Gasteiger partial charge in [0.1, 0.15) is 5.82 Å². The minimum absolute atomic E-state index is 0.0297. The van der Waals surface area contributed by atoms with Crippen LogP contribution in [0.1, 0.15) is 36.8 Å². The Morgan fingerprint density at radius 3 is 2.12 bits per heavy atom. The molecule has 1 amide bonds. The van der Waals surface area contributed by atoms with E-state index in [4.69, 9.17) is 0 Å². The largest absolute Gasteiger partial charge is 0.481 e. The third-order valence-electron chi connectivity index (χ3n) is 6.91. The second kappa shape index (κ2) is 9.03. The Hall–Kier alpha value is -3.10. The maximum absolute atomic E-state index is 13.1. The fourth-order valence-corrected chi connectivity index (χ4v) is 4.85. The first-order valence-electron chi connectivity index (χ1n) is 11.1. The van der Waals surface area contributed by atoms with Crippen LogP contribution in [-0.2, 0) is 21.2 Å². The molecular weight excluding hydrogens is 435 g/mol. The zero-order chi connectivity index (χ0) is 23.6. The summed E-state index contributed by atoms with van der Waals surface area (Å²) in [6.07, 6.45) is -1.68. The minimum atomic E-state index is -4.42. The molecule has 3 heterocycles. The first-order valence-corrected chi connectivity index (χ1v) is 11.1. The van der Waals surface area contributed by atoms with Crippen molar-refractivity contribution in [3.05, 3.63) is 59.8 Å². The number of aromatic nitrogens is 1. The highest BCUT2D eigenvalue weighted by molar-refractivity contribution is 5.83. The van der Waals surface area contributed by atoms with Gasteiger partial charge in [0.2, 0.25) is 5.91 Å². The monoisotopic (exact) mass is 461 g/mol. The second-order valence-electron chi connectivity index (χ2n) is 8.74. The molecule has 0 saturated carbocycles. The molecule has 2 fully saturated rings. The number of carboxylic acid groups (broad SMARTS) is 1. The molecule has 2 saturated heterocycles. The highest BCUT2D eigenvalue weighted by atomic mass is 19.4. The number of benzene rings is 1. The summed E-state index contributed by atoms with van der Waals surface area (Å²) in [4.78, 5) is 32.8. The molecule has 0 aliphatic carbocycles. The predicted molar refractivity (Wildman–Crippen MR) is 116 cm³/mol. The summed E-state index contributed by atoms with van der Waals surface area (Å²) in [5, 5.41) is 9.94. The average molecular weight is 461 g/mol. The van der Waals surface area contributed by atoms with Crippen LogP contribution in [0.3, 0.4) is 0 Å². The molecule has 0 radical (unpaired) electrons. The van der Waals surface area contributed by atoms with E-state index in [0.29, 0.717) is 57.7 Å². The number of carboxylic acids is 1. The lowest BCUT2D eigenvalue weighted by atomic mass is 9.72. The van der Waals surface area contributed by atoms with Gasteiger partial charge >= 0.3 is 12.1 Å². The fourth-order valence-electron chi connectivity index (χ4n) is 4.85. The topological polar surface area (TPSA) is 73.7 Å². The van der Waals surface area contributed by atoms with Gasteiger partial charge in [-0.25, -0.2) is 4.98 Å². The van der Waals surface area contributed by atoms with Crippen molar-refractivity contribution < 1.29 is 27.9 Å². The molecule has 0 bridgehead atoms. The lowest BCUT2D eigenvalue weighted by molar-refractivity contribution is -0.149. The van der Waals surface area contributed by atoms with Gasteiger partial charge in [-0.15, -0.1) is 0 Å². The zero-order valence-corrected chi connectivity index (χ0v) is 18.1. The Morgan fingerprint density at radius 2 is 1.61 bits per heavy atom. The standard InChI is InChI=1S/C24H26F3N3O3/c25-24(26,27)19-6-7-20(28-16-19)29-12-8-17(9-13-29)21(31)30-14-10-23(11-15-30,22(32)33)18-4-2-1-3-5-18/h1-7,16-17H,8-15H2,(H,32,33). The quantitative estimate of drug-likeness (QED) is 0.746. The summed E-state index contributed by atoms with van der Waals surface area (Å²) in [5.74, 6) is -0.536. The van der Waals surface area contributed by atoms with Crippen molar-refractivity contribution in [2.24, 2.45) is 5.92 Å². The molecular formula is C24H26F3N3O3. The van der Waals surface area contributed by atoms with Crippen LogP contribution in [0.4, 0.5) is 19.0 Å². The molecule has 6 nitrogen and oxygen atoms in total. The van der Waals surface area contributed by atoms with Crippen molar-refractivity contribution in [3.8, 4) is 0 Å². The Balaban J connectivity index is 1.34. The van der Waals surface area contributed by atoms with Crippen LogP contribution >= 0.6 is 0 Å². The van der Waals surface area contributed by atoms with Gasteiger partial charge in [-0.2, -0.15) is 13.2 Å². The number of amides is 1. The van der Waals surface area contributed by atoms with Crippen LogP contribution in [0.2, 0.25) is 0 Å². The average Bonchev–Trinajstić information content (AvgIpc) is 2.84. The highest BCUT2D eigenvalue weighted by Gasteiger charge is 2.44. The van der Waals surface area contributed by atoms with Gasteiger partial charge < -0.3 is 14.9 Å². The van der Waals surface area contributed by atoms with E-state index in [1.807, 2.05) is 35.2 Å². The van der Waals surface area contributed by atoms with Crippen molar-refractivity contribution in [1.29, 1.82) is 0 Å². The molecule has 0 spiro atoms. The molecule has 1 aromatic carbocycles. The van der Waals surface area contributed by atoms with Crippen molar-refractivity contribution >= 4 is 17.7 Å². The smallest absolute Gasteiger partial charge is 0.417 e.